The van der Waals surface area contributed by atoms with Gasteiger partial charge in [-0.2, -0.15) is 0 Å². The summed E-state index contributed by atoms with van der Waals surface area (Å²) in [5, 5.41) is 4.35. The van der Waals surface area contributed by atoms with Gasteiger partial charge in [0, 0.05) is 16.8 Å². The van der Waals surface area contributed by atoms with E-state index in [1.54, 1.807) is 0 Å². The maximum Gasteiger partial charge on any atom is 0.0412 e. The van der Waals surface area contributed by atoms with Crippen LogP contribution in [0.2, 0.25) is 5.02 Å². The molecule has 2 rings (SSSR count). The second-order valence-electron chi connectivity index (χ2n) is 3.84. The highest BCUT2D eigenvalue weighted by Gasteiger charge is 2.15. The summed E-state index contributed by atoms with van der Waals surface area (Å²) in [4.78, 5) is 0. The largest absolute Gasteiger partial charge is 0.382 e. The Labute approximate surface area is 84.1 Å². The Balaban J connectivity index is 2.47. The van der Waals surface area contributed by atoms with Crippen molar-refractivity contribution in [2.45, 2.75) is 32.7 Å². The highest BCUT2D eigenvalue weighted by Crippen LogP contribution is 2.30. The molecule has 0 aliphatic carbocycles. The normalized spacial score (nSPS) is 20.7. The van der Waals surface area contributed by atoms with Crippen molar-refractivity contribution in [3.8, 4) is 0 Å². The minimum Gasteiger partial charge on any atom is -0.382 e. The van der Waals surface area contributed by atoms with Crippen LogP contribution in [0.4, 0.5) is 5.69 Å². The zero-order chi connectivity index (χ0) is 9.42. The Morgan fingerprint density at radius 1 is 1.46 bits per heavy atom. The Hall–Kier alpha value is -0.690. The Kier molecular flexibility index (Phi) is 2.20. The fraction of sp³-hybridized carbons (Fsp3) is 0.455. The molecule has 0 fully saturated rings. The van der Waals surface area contributed by atoms with Gasteiger partial charge in [-0.25, -0.2) is 0 Å². The zero-order valence-electron chi connectivity index (χ0n) is 8.02. The number of hydrogen-bond acceptors (Lipinski definition) is 1. The predicted molar refractivity (Wildman–Crippen MR) is 57.6 cm³/mol. The minimum absolute atomic E-state index is 0.590. The second kappa shape index (κ2) is 3.22. The van der Waals surface area contributed by atoms with Gasteiger partial charge < -0.3 is 5.32 Å². The fourth-order valence-corrected chi connectivity index (χ4v) is 2.20. The van der Waals surface area contributed by atoms with E-state index < -0.39 is 0 Å². The summed E-state index contributed by atoms with van der Waals surface area (Å²) in [6, 6.07) is 4.68. The van der Waals surface area contributed by atoms with Crippen molar-refractivity contribution < 1.29 is 0 Å². The molecule has 2 heteroatoms. The summed E-state index contributed by atoms with van der Waals surface area (Å²) >= 11 is 5.99. The van der Waals surface area contributed by atoms with E-state index in [4.69, 9.17) is 11.6 Å². The molecular formula is C11H14ClN. The van der Waals surface area contributed by atoms with Gasteiger partial charge in [0.05, 0.1) is 0 Å². The molecule has 0 radical (unpaired) electrons. The van der Waals surface area contributed by atoms with Gasteiger partial charge in [-0.15, -0.1) is 0 Å². The molecule has 0 saturated carbocycles. The van der Waals surface area contributed by atoms with Gasteiger partial charge in [-0.1, -0.05) is 11.6 Å². The van der Waals surface area contributed by atoms with Crippen molar-refractivity contribution in [3.05, 3.63) is 28.3 Å². The van der Waals surface area contributed by atoms with Gasteiger partial charge in [0.1, 0.15) is 0 Å². The van der Waals surface area contributed by atoms with Crippen LogP contribution in [-0.4, -0.2) is 6.04 Å². The number of halogens is 1. The van der Waals surface area contributed by atoms with Crippen LogP contribution in [0.3, 0.4) is 0 Å². The number of hydrogen-bond donors (Lipinski definition) is 1. The summed E-state index contributed by atoms with van der Waals surface area (Å²) in [6.45, 7) is 4.33. The van der Waals surface area contributed by atoms with E-state index in [2.05, 4.69) is 25.2 Å². The molecule has 0 aromatic heterocycles. The third kappa shape index (κ3) is 1.66. The smallest absolute Gasteiger partial charge is 0.0412 e. The lowest BCUT2D eigenvalue weighted by Gasteiger charge is -2.25. The SMILES string of the molecule is Cc1cc(Cl)cc2c1N[C@H](C)CC2. The van der Waals surface area contributed by atoms with Gasteiger partial charge in [-0.3, -0.25) is 0 Å². The summed E-state index contributed by atoms with van der Waals surface area (Å²) in [5.74, 6) is 0. The summed E-state index contributed by atoms with van der Waals surface area (Å²) < 4.78 is 0. The third-order valence-corrected chi connectivity index (χ3v) is 2.84. The molecule has 0 saturated heterocycles. The average Bonchev–Trinajstić information content (AvgIpc) is 2.06. The number of fused-ring (bicyclic) bond motifs is 1. The van der Waals surface area contributed by atoms with E-state index in [-0.39, 0.29) is 0 Å². The van der Waals surface area contributed by atoms with Crippen molar-refractivity contribution in [2.24, 2.45) is 0 Å². The summed E-state index contributed by atoms with van der Waals surface area (Å²) in [6.07, 6.45) is 2.34. The van der Waals surface area contributed by atoms with Crippen molar-refractivity contribution in [1.82, 2.24) is 0 Å². The predicted octanol–water partition coefficient (Wildman–Crippen LogP) is 3.40. The van der Waals surface area contributed by atoms with E-state index in [0.29, 0.717) is 6.04 Å². The van der Waals surface area contributed by atoms with Gasteiger partial charge in [0.2, 0.25) is 0 Å². The molecule has 1 aliphatic heterocycles. The molecule has 0 bridgehead atoms. The molecule has 1 aromatic carbocycles. The number of aryl methyl sites for hydroxylation is 2. The van der Waals surface area contributed by atoms with E-state index in [1.807, 2.05) is 6.07 Å². The fourth-order valence-electron chi connectivity index (χ4n) is 1.91. The first-order chi connectivity index (χ1) is 6.16. The zero-order valence-corrected chi connectivity index (χ0v) is 8.78. The van der Waals surface area contributed by atoms with E-state index >= 15 is 0 Å². The molecule has 0 amide bonds. The standard InChI is InChI=1S/C11H14ClN/c1-7-5-10(12)6-9-4-3-8(2)13-11(7)9/h5-6,8,13H,3-4H2,1-2H3/t8-/m1/s1. The highest BCUT2D eigenvalue weighted by molar-refractivity contribution is 6.30. The van der Waals surface area contributed by atoms with Crippen molar-refractivity contribution in [1.29, 1.82) is 0 Å². The Bertz CT molecular complexity index is 333. The lowest BCUT2D eigenvalue weighted by atomic mass is 9.96. The van der Waals surface area contributed by atoms with Crippen LogP contribution >= 0.6 is 11.6 Å². The number of nitrogens with one attached hydrogen (secondary N) is 1. The molecule has 1 atom stereocenters. The maximum absolute atomic E-state index is 5.99. The second-order valence-corrected chi connectivity index (χ2v) is 4.28. The molecule has 1 nitrogen and oxygen atoms in total. The quantitative estimate of drug-likeness (QED) is 0.669. The Morgan fingerprint density at radius 2 is 2.23 bits per heavy atom. The molecule has 0 unspecified atom stereocenters. The summed E-state index contributed by atoms with van der Waals surface area (Å²) in [5.41, 5.74) is 3.92. The number of anilines is 1. The first kappa shape index (κ1) is 8.89. The van der Waals surface area contributed by atoms with Crippen LogP contribution in [0.15, 0.2) is 12.1 Å². The van der Waals surface area contributed by atoms with Crippen LogP contribution in [0.25, 0.3) is 0 Å². The van der Waals surface area contributed by atoms with E-state index in [0.717, 1.165) is 11.4 Å². The molecule has 1 N–H and O–H groups in total. The molecular weight excluding hydrogens is 182 g/mol. The number of benzene rings is 1. The highest BCUT2D eigenvalue weighted by atomic mass is 35.5. The van der Waals surface area contributed by atoms with Crippen molar-refractivity contribution in [2.75, 3.05) is 5.32 Å². The lowest BCUT2D eigenvalue weighted by Crippen LogP contribution is -2.22. The monoisotopic (exact) mass is 195 g/mol. The first-order valence-corrected chi connectivity index (χ1v) is 5.10. The number of rotatable bonds is 0. The molecule has 1 aromatic rings. The Morgan fingerprint density at radius 3 is 3.00 bits per heavy atom. The topological polar surface area (TPSA) is 12.0 Å². The lowest BCUT2D eigenvalue weighted by molar-refractivity contribution is 0.679. The van der Waals surface area contributed by atoms with Crippen LogP contribution in [0.5, 0.6) is 0 Å². The first-order valence-electron chi connectivity index (χ1n) is 4.72. The van der Waals surface area contributed by atoms with Gasteiger partial charge >= 0.3 is 0 Å². The summed E-state index contributed by atoms with van der Waals surface area (Å²) in [7, 11) is 0. The van der Waals surface area contributed by atoms with Crippen LogP contribution < -0.4 is 5.32 Å². The molecule has 13 heavy (non-hydrogen) atoms. The van der Waals surface area contributed by atoms with Crippen LogP contribution in [0, 0.1) is 6.92 Å². The molecule has 1 aliphatic rings. The van der Waals surface area contributed by atoms with Gasteiger partial charge in [0.25, 0.3) is 0 Å². The minimum atomic E-state index is 0.590. The van der Waals surface area contributed by atoms with Crippen molar-refractivity contribution in [3.63, 3.8) is 0 Å². The van der Waals surface area contributed by atoms with Crippen molar-refractivity contribution >= 4 is 17.3 Å². The van der Waals surface area contributed by atoms with E-state index in [1.165, 1.54) is 23.2 Å². The average molecular weight is 196 g/mol. The van der Waals surface area contributed by atoms with Gasteiger partial charge in [-0.05, 0) is 49.9 Å². The maximum atomic E-state index is 5.99. The van der Waals surface area contributed by atoms with Crippen LogP contribution in [-0.2, 0) is 6.42 Å². The molecule has 0 spiro atoms. The third-order valence-electron chi connectivity index (χ3n) is 2.62. The molecule has 1 heterocycles. The van der Waals surface area contributed by atoms with Crippen LogP contribution in [0.1, 0.15) is 24.5 Å². The molecule has 70 valence electrons. The van der Waals surface area contributed by atoms with Gasteiger partial charge in [0.15, 0.2) is 0 Å². The van der Waals surface area contributed by atoms with E-state index in [9.17, 15) is 0 Å².